The van der Waals surface area contributed by atoms with Gasteiger partial charge in [-0.05, 0) is 37.7 Å². The molecule has 0 bridgehead atoms. The van der Waals surface area contributed by atoms with Crippen molar-refractivity contribution in [1.29, 1.82) is 0 Å². The Balaban J connectivity index is 1.81. The maximum Gasteiger partial charge on any atom is 0.183 e. The molecule has 2 rings (SSSR count). The highest BCUT2D eigenvalue weighted by Gasteiger charge is 2.12. The van der Waals surface area contributed by atoms with Gasteiger partial charge in [-0.25, -0.2) is 0 Å². The summed E-state index contributed by atoms with van der Waals surface area (Å²) >= 11 is 0. The van der Waals surface area contributed by atoms with Crippen molar-refractivity contribution < 1.29 is 4.74 Å². The highest BCUT2D eigenvalue weighted by Crippen LogP contribution is 2.18. The summed E-state index contributed by atoms with van der Waals surface area (Å²) in [5, 5.41) is 0. The van der Waals surface area contributed by atoms with Crippen LogP contribution in [0.1, 0.15) is 50.5 Å². The lowest BCUT2D eigenvalue weighted by atomic mass is 9.99. The smallest absolute Gasteiger partial charge is 0.183 e. The molecule has 1 heterocycles. The van der Waals surface area contributed by atoms with Crippen molar-refractivity contribution in [1.82, 2.24) is 0 Å². The highest BCUT2D eigenvalue weighted by atomic mass is 16.5. The van der Waals surface area contributed by atoms with E-state index in [-0.39, 0.29) is 0 Å². The predicted octanol–water partition coefficient (Wildman–Crippen LogP) is 4.39. The minimum Gasteiger partial charge on any atom is -0.484 e. The molecule has 0 aromatic heterocycles. The summed E-state index contributed by atoms with van der Waals surface area (Å²) in [7, 11) is 1.75. The molecule has 1 aromatic carbocycles. The van der Waals surface area contributed by atoms with Crippen LogP contribution in [-0.2, 0) is 11.2 Å². The first-order valence-corrected chi connectivity index (χ1v) is 7.53. The first kappa shape index (κ1) is 14.1. The molecule has 0 N–H and O–H groups in total. The zero-order valence-electron chi connectivity index (χ0n) is 12.0. The van der Waals surface area contributed by atoms with Gasteiger partial charge in [-0.2, -0.15) is 0 Å². The van der Waals surface area contributed by atoms with Crippen molar-refractivity contribution in [3.05, 3.63) is 35.9 Å². The summed E-state index contributed by atoms with van der Waals surface area (Å²) in [6.07, 6.45) is 9.66. The third-order valence-electron chi connectivity index (χ3n) is 3.84. The van der Waals surface area contributed by atoms with Gasteiger partial charge >= 0.3 is 0 Å². The standard InChI is InChI=1S/C17H25NO/c1-19-17-14-7-3-6-12-16(18-17)13-8-11-15-9-4-2-5-10-15/h2,4-5,9-10,16H,3,6-8,11-14H2,1H3/b18-17+. The molecule has 2 nitrogen and oxygen atoms in total. The summed E-state index contributed by atoms with van der Waals surface area (Å²) < 4.78 is 5.37. The van der Waals surface area contributed by atoms with Crippen LogP contribution in [0.3, 0.4) is 0 Å². The van der Waals surface area contributed by atoms with Gasteiger partial charge in [0.1, 0.15) is 0 Å². The van der Waals surface area contributed by atoms with E-state index in [2.05, 4.69) is 30.3 Å². The van der Waals surface area contributed by atoms with Gasteiger partial charge in [0.05, 0.1) is 13.2 Å². The van der Waals surface area contributed by atoms with E-state index in [1.807, 2.05) is 0 Å². The molecule has 0 saturated carbocycles. The van der Waals surface area contributed by atoms with Crippen LogP contribution in [0.15, 0.2) is 35.3 Å². The van der Waals surface area contributed by atoms with Gasteiger partial charge in [-0.15, -0.1) is 0 Å². The summed E-state index contributed by atoms with van der Waals surface area (Å²) in [5.74, 6) is 0.962. The van der Waals surface area contributed by atoms with Gasteiger partial charge < -0.3 is 4.74 Å². The predicted molar refractivity (Wildman–Crippen MR) is 80.7 cm³/mol. The quantitative estimate of drug-likeness (QED) is 0.786. The van der Waals surface area contributed by atoms with Crippen LogP contribution in [0, 0.1) is 0 Å². The first-order valence-electron chi connectivity index (χ1n) is 7.53. The van der Waals surface area contributed by atoms with E-state index in [1.54, 1.807) is 7.11 Å². The lowest BCUT2D eigenvalue weighted by Gasteiger charge is -2.17. The van der Waals surface area contributed by atoms with Crippen molar-refractivity contribution in [2.45, 2.75) is 57.4 Å². The average molecular weight is 259 g/mol. The molecule has 1 aliphatic rings. The second-order valence-electron chi connectivity index (χ2n) is 5.36. The van der Waals surface area contributed by atoms with Gasteiger partial charge in [0.15, 0.2) is 5.90 Å². The molecule has 1 aliphatic heterocycles. The van der Waals surface area contributed by atoms with Crippen LogP contribution >= 0.6 is 0 Å². The fourth-order valence-electron chi connectivity index (χ4n) is 2.72. The molecular formula is C17H25NO. The second-order valence-corrected chi connectivity index (χ2v) is 5.36. The molecule has 0 amide bonds. The third-order valence-corrected chi connectivity index (χ3v) is 3.84. The Bertz CT molecular complexity index is 386. The Labute approximate surface area is 116 Å². The third kappa shape index (κ3) is 5.06. The van der Waals surface area contributed by atoms with Crippen molar-refractivity contribution in [3.63, 3.8) is 0 Å². The Morgan fingerprint density at radius 2 is 2.00 bits per heavy atom. The van der Waals surface area contributed by atoms with Crippen LogP contribution in [0.5, 0.6) is 0 Å². The number of nitrogens with zero attached hydrogens (tertiary/aromatic N) is 1. The summed E-state index contributed by atoms with van der Waals surface area (Å²) in [4.78, 5) is 4.78. The monoisotopic (exact) mass is 259 g/mol. The minimum atomic E-state index is 0.471. The first-order chi connectivity index (χ1) is 9.38. The van der Waals surface area contributed by atoms with E-state index < -0.39 is 0 Å². The molecule has 1 unspecified atom stereocenters. The zero-order chi connectivity index (χ0) is 13.3. The van der Waals surface area contributed by atoms with E-state index in [0.717, 1.165) is 18.7 Å². The van der Waals surface area contributed by atoms with E-state index >= 15 is 0 Å². The molecule has 104 valence electrons. The zero-order valence-corrected chi connectivity index (χ0v) is 12.0. The molecule has 19 heavy (non-hydrogen) atoms. The number of aliphatic imine (C=N–C) groups is 1. The lowest BCUT2D eigenvalue weighted by molar-refractivity contribution is 0.369. The van der Waals surface area contributed by atoms with Crippen molar-refractivity contribution in [2.24, 2.45) is 4.99 Å². The van der Waals surface area contributed by atoms with Crippen LogP contribution in [0.2, 0.25) is 0 Å². The SMILES string of the molecule is CO/C1=N/C(CCCc2ccccc2)CCCCC1. The van der Waals surface area contributed by atoms with Gasteiger partial charge in [0, 0.05) is 6.42 Å². The Hall–Kier alpha value is -1.31. The Morgan fingerprint density at radius 1 is 1.16 bits per heavy atom. The maximum atomic E-state index is 5.37. The number of rotatable bonds is 4. The summed E-state index contributed by atoms with van der Waals surface area (Å²) in [6, 6.07) is 11.2. The summed E-state index contributed by atoms with van der Waals surface area (Å²) in [5.41, 5.74) is 1.43. The van der Waals surface area contributed by atoms with Crippen molar-refractivity contribution in [2.75, 3.05) is 7.11 Å². The Morgan fingerprint density at radius 3 is 2.79 bits per heavy atom. The lowest BCUT2D eigenvalue weighted by Crippen LogP contribution is -2.14. The molecule has 0 fully saturated rings. The molecule has 2 heteroatoms. The average Bonchev–Trinajstić information content (AvgIpc) is 2.42. The van der Waals surface area contributed by atoms with Gasteiger partial charge in [-0.3, -0.25) is 4.99 Å². The number of benzene rings is 1. The number of aryl methyl sites for hydroxylation is 1. The number of ether oxygens (including phenoxy) is 1. The number of hydrogen-bond donors (Lipinski definition) is 0. The van der Waals surface area contributed by atoms with Crippen LogP contribution < -0.4 is 0 Å². The van der Waals surface area contributed by atoms with E-state index in [0.29, 0.717) is 6.04 Å². The van der Waals surface area contributed by atoms with Crippen LogP contribution in [-0.4, -0.2) is 19.0 Å². The van der Waals surface area contributed by atoms with Crippen LogP contribution in [0.25, 0.3) is 0 Å². The molecule has 0 aliphatic carbocycles. The fraction of sp³-hybridized carbons (Fsp3) is 0.588. The van der Waals surface area contributed by atoms with Gasteiger partial charge in [0.2, 0.25) is 0 Å². The van der Waals surface area contributed by atoms with E-state index in [4.69, 9.17) is 9.73 Å². The van der Waals surface area contributed by atoms with E-state index in [1.165, 1.54) is 44.1 Å². The highest BCUT2D eigenvalue weighted by molar-refractivity contribution is 5.76. The van der Waals surface area contributed by atoms with Gasteiger partial charge in [-0.1, -0.05) is 43.2 Å². The molecule has 0 spiro atoms. The Kier molecular flexibility index (Phi) is 5.93. The molecule has 0 saturated heterocycles. The fourth-order valence-corrected chi connectivity index (χ4v) is 2.72. The normalized spacial score (nSPS) is 23.0. The van der Waals surface area contributed by atoms with Crippen molar-refractivity contribution in [3.8, 4) is 0 Å². The van der Waals surface area contributed by atoms with Gasteiger partial charge in [0.25, 0.3) is 0 Å². The molecular weight excluding hydrogens is 234 g/mol. The minimum absolute atomic E-state index is 0.471. The molecule has 1 atom stereocenters. The van der Waals surface area contributed by atoms with Crippen LogP contribution in [0.4, 0.5) is 0 Å². The molecule has 0 radical (unpaired) electrons. The number of methoxy groups -OCH3 is 1. The topological polar surface area (TPSA) is 21.6 Å². The van der Waals surface area contributed by atoms with Crippen molar-refractivity contribution >= 4 is 5.90 Å². The van der Waals surface area contributed by atoms with E-state index in [9.17, 15) is 0 Å². The second kappa shape index (κ2) is 7.98. The largest absolute Gasteiger partial charge is 0.484 e. The maximum absolute atomic E-state index is 5.37. The molecule has 1 aromatic rings. The number of hydrogen-bond acceptors (Lipinski definition) is 2. The summed E-state index contributed by atoms with van der Waals surface area (Å²) in [6.45, 7) is 0.